The Morgan fingerprint density at radius 1 is 0.907 bits per heavy atom. The molecule has 0 aliphatic carbocycles. The van der Waals surface area contributed by atoms with E-state index >= 15 is 0 Å². The van der Waals surface area contributed by atoms with Crippen LogP contribution in [0, 0.1) is 0 Å². The number of hydrogen-bond acceptors (Lipinski definition) is 8. The van der Waals surface area contributed by atoms with Gasteiger partial charge in [0.1, 0.15) is 18.7 Å². The van der Waals surface area contributed by atoms with Crippen LogP contribution in [0.3, 0.4) is 0 Å². The molecule has 0 unspecified atom stereocenters. The molecule has 13 heteroatoms. The van der Waals surface area contributed by atoms with Gasteiger partial charge in [-0.05, 0) is 36.1 Å². The molecule has 0 bridgehead atoms. The summed E-state index contributed by atoms with van der Waals surface area (Å²) in [6, 6.07) is 13.5. The number of halogens is 1. The van der Waals surface area contributed by atoms with Crippen molar-refractivity contribution in [2.75, 3.05) is 38.7 Å². The van der Waals surface area contributed by atoms with Gasteiger partial charge in [0, 0.05) is 30.7 Å². The van der Waals surface area contributed by atoms with E-state index < -0.39 is 41.8 Å². The highest BCUT2D eigenvalue weighted by molar-refractivity contribution is 8.13. The number of aryl methyl sites for hydroxylation is 1. The number of thioether (sulfide) groups is 1. The highest BCUT2D eigenvalue weighted by Gasteiger charge is 2.29. The fourth-order valence-electron chi connectivity index (χ4n) is 4.23. The van der Waals surface area contributed by atoms with Crippen molar-refractivity contribution in [3.05, 3.63) is 70.7 Å². The Balaban J connectivity index is 1.83. The first-order chi connectivity index (χ1) is 20.7. The number of benzene rings is 2. The van der Waals surface area contributed by atoms with E-state index in [1.54, 1.807) is 12.1 Å². The molecule has 1 fully saturated rings. The van der Waals surface area contributed by atoms with Crippen LogP contribution in [0.2, 0.25) is 5.02 Å². The Labute approximate surface area is 260 Å². The normalized spacial score (nSPS) is 21.8. The second-order valence-electron chi connectivity index (χ2n) is 9.88. The number of hydrogen-bond donors (Lipinski definition) is 4. The molecule has 11 nitrogen and oxygen atoms in total. The van der Waals surface area contributed by atoms with Gasteiger partial charge in [0.25, 0.3) is 0 Å². The Kier molecular flexibility index (Phi) is 14.5. The largest absolute Gasteiger partial charge is 0.377 e. The van der Waals surface area contributed by atoms with Crippen molar-refractivity contribution < 1.29 is 33.4 Å². The Bertz CT molecular complexity index is 1230. The SMILES string of the molecule is CC(=O)N[C@H]1CSC(=O)[C@H](CCc2ccc(Cl)cc2)NC(=O)[C@H](Cc2ccccc2)NC(=O)COCCOCCNC1=O. The molecule has 3 atom stereocenters. The number of ether oxygens (including phenoxy) is 2. The van der Waals surface area contributed by atoms with Crippen LogP contribution in [0.5, 0.6) is 0 Å². The van der Waals surface area contributed by atoms with E-state index in [1.165, 1.54) is 6.92 Å². The highest BCUT2D eigenvalue weighted by Crippen LogP contribution is 2.16. The van der Waals surface area contributed by atoms with Crippen molar-refractivity contribution in [2.45, 2.75) is 44.3 Å². The molecule has 43 heavy (non-hydrogen) atoms. The summed E-state index contributed by atoms with van der Waals surface area (Å²) in [7, 11) is 0. The van der Waals surface area contributed by atoms with Crippen molar-refractivity contribution in [2.24, 2.45) is 0 Å². The first-order valence-corrected chi connectivity index (χ1v) is 15.3. The third-order valence-electron chi connectivity index (χ3n) is 6.41. The van der Waals surface area contributed by atoms with Crippen LogP contribution in [0.4, 0.5) is 0 Å². The minimum Gasteiger partial charge on any atom is -0.377 e. The van der Waals surface area contributed by atoms with E-state index in [2.05, 4.69) is 21.3 Å². The van der Waals surface area contributed by atoms with E-state index in [0.29, 0.717) is 11.4 Å². The van der Waals surface area contributed by atoms with Crippen molar-refractivity contribution in [3.63, 3.8) is 0 Å². The molecule has 2 aromatic carbocycles. The molecule has 4 amide bonds. The quantitative estimate of drug-likeness (QED) is 0.373. The molecular weight excluding hydrogens is 596 g/mol. The fraction of sp³-hybridized carbons (Fsp3) is 0.433. The van der Waals surface area contributed by atoms with Gasteiger partial charge in [-0.2, -0.15) is 0 Å². The van der Waals surface area contributed by atoms with Gasteiger partial charge in [0.05, 0.1) is 25.9 Å². The second kappa shape index (κ2) is 18.3. The van der Waals surface area contributed by atoms with Crippen LogP contribution in [0.1, 0.15) is 24.5 Å². The van der Waals surface area contributed by atoms with Crippen LogP contribution in [0.15, 0.2) is 54.6 Å². The van der Waals surface area contributed by atoms with E-state index in [1.807, 2.05) is 42.5 Å². The van der Waals surface area contributed by atoms with Gasteiger partial charge in [-0.15, -0.1) is 0 Å². The van der Waals surface area contributed by atoms with Crippen molar-refractivity contribution >= 4 is 52.1 Å². The van der Waals surface area contributed by atoms with Gasteiger partial charge < -0.3 is 30.7 Å². The molecule has 4 N–H and O–H groups in total. The van der Waals surface area contributed by atoms with Crippen molar-refractivity contribution in [1.82, 2.24) is 21.3 Å². The summed E-state index contributed by atoms with van der Waals surface area (Å²) in [4.78, 5) is 64.3. The average Bonchev–Trinajstić information content (AvgIpc) is 2.98. The first kappa shape index (κ1) is 34.0. The number of carbonyl (C=O) groups is 5. The van der Waals surface area contributed by atoms with E-state index in [4.69, 9.17) is 21.1 Å². The van der Waals surface area contributed by atoms with Crippen LogP contribution < -0.4 is 21.3 Å². The van der Waals surface area contributed by atoms with Crippen LogP contribution in [-0.4, -0.2) is 85.6 Å². The first-order valence-electron chi connectivity index (χ1n) is 14.0. The van der Waals surface area contributed by atoms with Gasteiger partial charge in [-0.1, -0.05) is 65.8 Å². The molecule has 1 aliphatic heterocycles. The van der Waals surface area contributed by atoms with Gasteiger partial charge >= 0.3 is 0 Å². The third kappa shape index (κ3) is 12.8. The second-order valence-corrected chi connectivity index (χ2v) is 11.3. The molecule has 0 radical (unpaired) electrons. The summed E-state index contributed by atoms with van der Waals surface area (Å²) in [6.45, 7) is 1.67. The molecule has 0 spiro atoms. The van der Waals surface area contributed by atoms with Gasteiger partial charge in [0.15, 0.2) is 0 Å². The number of nitrogens with one attached hydrogen (secondary N) is 4. The smallest absolute Gasteiger partial charge is 0.246 e. The summed E-state index contributed by atoms with van der Waals surface area (Å²) in [6.07, 6.45) is 0.897. The predicted octanol–water partition coefficient (Wildman–Crippen LogP) is 1.41. The molecular formula is C30H37ClN4O7S. The zero-order valence-corrected chi connectivity index (χ0v) is 25.5. The molecule has 1 saturated heterocycles. The monoisotopic (exact) mass is 632 g/mol. The zero-order chi connectivity index (χ0) is 31.0. The van der Waals surface area contributed by atoms with Crippen molar-refractivity contribution in [3.8, 4) is 0 Å². The molecule has 2 aromatic rings. The average molecular weight is 633 g/mol. The van der Waals surface area contributed by atoms with E-state index in [-0.39, 0.29) is 56.7 Å². The molecule has 0 aromatic heterocycles. The van der Waals surface area contributed by atoms with Gasteiger partial charge in [-0.25, -0.2) is 0 Å². The predicted molar refractivity (Wildman–Crippen MR) is 163 cm³/mol. The maximum atomic E-state index is 13.6. The number of amides is 4. The third-order valence-corrected chi connectivity index (χ3v) is 7.73. The summed E-state index contributed by atoms with van der Waals surface area (Å²) >= 11 is 6.85. The lowest BCUT2D eigenvalue weighted by atomic mass is 10.0. The molecule has 1 aliphatic rings. The summed E-state index contributed by atoms with van der Waals surface area (Å²) < 4.78 is 10.8. The maximum absolute atomic E-state index is 13.6. The van der Waals surface area contributed by atoms with E-state index in [0.717, 1.165) is 22.9 Å². The lowest BCUT2D eigenvalue weighted by Gasteiger charge is -2.24. The lowest BCUT2D eigenvalue weighted by Crippen LogP contribution is -2.53. The standard InChI is InChI=1S/C30H37ClN4O7S/c1-20(36)33-26-19-43-30(40)24(12-9-21-7-10-23(31)11-8-21)35-29(39)25(17-22-5-3-2-4-6-22)34-27(37)18-42-16-15-41-14-13-32-28(26)38/h2-8,10-11,24-26H,9,12-19H2,1H3,(H,32,38)(H,33,36)(H,34,37)(H,35,39)/t24-,25-,26-/m0/s1. The lowest BCUT2D eigenvalue weighted by molar-refractivity contribution is -0.132. The minimum atomic E-state index is -0.981. The van der Waals surface area contributed by atoms with E-state index in [9.17, 15) is 24.0 Å². The summed E-state index contributed by atoms with van der Waals surface area (Å²) in [5.41, 5.74) is 1.73. The maximum Gasteiger partial charge on any atom is 0.246 e. The summed E-state index contributed by atoms with van der Waals surface area (Å²) in [5.74, 6) is -1.96. The Morgan fingerprint density at radius 3 is 2.35 bits per heavy atom. The van der Waals surface area contributed by atoms with Gasteiger partial charge in [-0.3, -0.25) is 24.0 Å². The number of carbonyl (C=O) groups excluding carboxylic acids is 5. The van der Waals surface area contributed by atoms with Crippen LogP contribution in [-0.2, 0) is 46.3 Å². The van der Waals surface area contributed by atoms with Crippen LogP contribution in [0.25, 0.3) is 0 Å². The fourth-order valence-corrected chi connectivity index (χ4v) is 5.30. The molecule has 232 valence electrons. The minimum absolute atomic E-state index is 0.0452. The Hall–Kier alpha value is -3.45. The molecule has 3 rings (SSSR count). The molecule has 1 heterocycles. The van der Waals surface area contributed by atoms with Crippen LogP contribution >= 0.6 is 23.4 Å². The highest BCUT2D eigenvalue weighted by atomic mass is 35.5. The number of rotatable bonds is 6. The van der Waals surface area contributed by atoms with Crippen molar-refractivity contribution in [1.29, 1.82) is 0 Å². The Morgan fingerprint density at radius 2 is 1.63 bits per heavy atom. The molecule has 0 saturated carbocycles. The topological polar surface area (TPSA) is 152 Å². The zero-order valence-electron chi connectivity index (χ0n) is 23.9. The summed E-state index contributed by atoms with van der Waals surface area (Å²) in [5, 5.41) is 11.0. The van der Waals surface area contributed by atoms with Gasteiger partial charge in [0.2, 0.25) is 28.7 Å².